The molecule has 4 rings (SSSR count). The first-order valence-electron chi connectivity index (χ1n) is 13.1. The van der Waals surface area contributed by atoms with E-state index in [4.69, 9.17) is 9.72 Å². The lowest BCUT2D eigenvalue weighted by Crippen LogP contribution is -2.35. The number of pyridine rings is 1. The minimum Gasteiger partial charge on any atom is -0.396 e. The van der Waals surface area contributed by atoms with E-state index < -0.39 is 0 Å². The molecule has 0 radical (unpaired) electrons. The molecule has 3 aromatic rings. The van der Waals surface area contributed by atoms with E-state index in [1.165, 1.54) is 0 Å². The van der Waals surface area contributed by atoms with E-state index in [1.54, 1.807) is 11.3 Å². The summed E-state index contributed by atoms with van der Waals surface area (Å²) in [6, 6.07) is 6.35. The highest BCUT2D eigenvalue weighted by Crippen LogP contribution is 2.40. The van der Waals surface area contributed by atoms with Gasteiger partial charge in [-0.25, -0.2) is 9.67 Å². The summed E-state index contributed by atoms with van der Waals surface area (Å²) in [5, 5.41) is 21.7. The third-order valence-corrected chi connectivity index (χ3v) is 7.63. The van der Waals surface area contributed by atoms with Crippen LogP contribution in [0, 0.1) is 10.8 Å². The second-order valence-corrected chi connectivity index (χ2v) is 13.8. The molecule has 1 aliphatic rings. The average molecular weight is 514 g/mol. The Morgan fingerprint density at radius 2 is 1.92 bits per heavy atom. The molecule has 1 aliphatic heterocycles. The summed E-state index contributed by atoms with van der Waals surface area (Å²) in [5.41, 5.74) is 2.90. The van der Waals surface area contributed by atoms with Crippen LogP contribution in [-0.2, 0) is 4.74 Å². The Morgan fingerprint density at radius 3 is 2.58 bits per heavy atom. The van der Waals surface area contributed by atoms with Crippen LogP contribution in [0.25, 0.3) is 20.8 Å². The van der Waals surface area contributed by atoms with Gasteiger partial charge in [0.2, 0.25) is 0 Å². The van der Waals surface area contributed by atoms with Crippen LogP contribution >= 0.6 is 11.3 Å². The topological polar surface area (TPSA) is 84.2 Å². The van der Waals surface area contributed by atoms with Crippen LogP contribution in [0.1, 0.15) is 80.4 Å². The molecule has 0 aliphatic carbocycles. The molecular formula is C28H43N5O2S. The van der Waals surface area contributed by atoms with Gasteiger partial charge >= 0.3 is 0 Å². The standard InChI is InChI=1S/C28H43N5O2S/c1-26(2,3)16-28(6,7)32-23-15-19(29-17-27(4,5)18-34)25-20(31-23)14-22(36-25)21-11-12-30-33(21)24-10-8-9-13-35-24/h11-12,14-15,24,34H,8-10,13,16-18H2,1-7H3,(H2,29,31,32). The highest BCUT2D eigenvalue weighted by molar-refractivity contribution is 7.22. The number of thiophene rings is 1. The lowest BCUT2D eigenvalue weighted by atomic mass is 9.82. The first-order chi connectivity index (χ1) is 16.9. The highest BCUT2D eigenvalue weighted by atomic mass is 32.1. The van der Waals surface area contributed by atoms with Crippen molar-refractivity contribution in [2.45, 2.75) is 85.9 Å². The molecule has 3 N–H and O–H groups in total. The summed E-state index contributed by atoms with van der Waals surface area (Å²) in [7, 11) is 0. The lowest BCUT2D eigenvalue weighted by molar-refractivity contribution is -0.0383. The molecule has 0 bridgehead atoms. The number of aliphatic hydroxyl groups excluding tert-OH is 1. The van der Waals surface area contributed by atoms with Crippen LogP contribution in [0.3, 0.4) is 0 Å². The molecule has 1 fully saturated rings. The van der Waals surface area contributed by atoms with Crippen LogP contribution < -0.4 is 10.6 Å². The maximum atomic E-state index is 9.80. The number of rotatable bonds is 9. The molecule has 36 heavy (non-hydrogen) atoms. The number of aliphatic hydroxyl groups is 1. The molecule has 0 aromatic carbocycles. The first kappa shape index (κ1) is 26.9. The number of hydrogen-bond donors (Lipinski definition) is 3. The average Bonchev–Trinajstić information content (AvgIpc) is 3.43. The van der Waals surface area contributed by atoms with Crippen LogP contribution in [0.4, 0.5) is 11.5 Å². The molecule has 1 atom stereocenters. The molecule has 4 heterocycles. The summed E-state index contributed by atoms with van der Waals surface area (Å²) in [6.07, 6.45) is 6.11. The Hall–Kier alpha value is -2.16. The predicted molar refractivity (Wildman–Crippen MR) is 151 cm³/mol. The van der Waals surface area contributed by atoms with Gasteiger partial charge in [0.05, 0.1) is 26.5 Å². The molecule has 8 heteroatoms. The summed E-state index contributed by atoms with van der Waals surface area (Å²) < 4.78 is 9.16. The van der Waals surface area contributed by atoms with E-state index in [9.17, 15) is 5.11 Å². The van der Waals surface area contributed by atoms with Gasteiger partial charge in [-0.15, -0.1) is 11.3 Å². The zero-order valence-corrected chi connectivity index (χ0v) is 23.8. The lowest BCUT2D eigenvalue weighted by Gasteiger charge is -2.34. The van der Waals surface area contributed by atoms with E-state index in [1.807, 2.05) is 10.9 Å². The fourth-order valence-corrected chi connectivity index (χ4v) is 6.21. The van der Waals surface area contributed by atoms with Gasteiger partial charge in [0, 0.05) is 43.0 Å². The molecule has 1 saturated heterocycles. The Morgan fingerprint density at radius 1 is 1.14 bits per heavy atom. The van der Waals surface area contributed by atoms with Gasteiger partial charge in [-0.2, -0.15) is 5.10 Å². The molecule has 1 unspecified atom stereocenters. The smallest absolute Gasteiger partial charge is 0.150 e. The molecule has 3 aromatic heterocycles. The number of hydrogen-bond acceptors (Lipinski definition) is 7. The van der Waals surface area contributed by atoms with Crippen LogP contribution in [0.5, 0.6) is 0 Å². The molecule has 0 amide bonds. The quantitative estimate of drug-likeness (QED) is 0.288. The molecular weight excluding hydrogens is 470 g/mol. The molecule has 0 spiro atoms. The van der Waals surface area contributed by atoms with Crippen molar-refractivity contribution in [3.63, 3.8) is 0 Å². The number of nitrogens with zero attached hydrogens (tertiary/aromatic N) is 3. The van der Waals surface area contributed by atoms with Gasteiger partial charge in [0.15, 0.2) is 6.23 Å². The largest absolute Gasteiger partial charge is 0.396 e. The Labute approximate surface area is 219 Å². The van der Waals surface area contributed by atoms with Crippen molar-refractivity contribution < 1.29 is 9.84 Å². The van der Waals surface area contributed by atoms with Crippen LogP contribution in [0.2, 0.25) is 0 Å². The molecule has 0 saturated carbocycles. The van der Waals surface area contributed by atoms with E-state index in [-0.39, 0.29) is 29.2 Å². The summed E-state index contributed by atoms with van der Waals surface area (Å²) in [4.78, 5) is 6.16. The van der Waals surface area contributed by atoms with E-state index in [0.717, 1.165) is 64.6 Å². The van der Waals surface area contributed by atoms with Gasteiger partial charge in [0.1, 0.15) is 5.82 Å². The predicted octanol–water partition coefficient (Wildman–Crippen LogP) is 6.92. The zero-order valence-electron chi connectivity index (χ0n) is 22.9. The molecule has 7 nitrogen and oxygen atoms in total. The fourth-order valence-electron chi connectivity index (χ4n) is 5.11. The number of fused-ring (bicyclic) bond motifs is 1. The van der Waals surface area contributed by atoms with E-state index in [0.29, 0.717) is 6.54 Å². The Bertz CT molecular complexity index is 1170. The monoisotopic (exact) mass is 513 g/mol. The minimum absolute atomic E-state index is 0.0136. The van der Waals surface area contributed by atoms with Crippen molar-refractivity contribution in [3.8, 4) is 10.6 Å². The van der Waals surface area contributed by atoms with Gasteiger partial charge in [-0.1, -0.05) is 34.6 Å². The first-order valence-corrected chi connectivity index (χ1v) is 13.9. The Balaban J connectivity index is 1.72. The number of anilines is 2. The second-order valence-electron chi connectivity index (χ2n) is 12.8. The van der Waals surface area contributed by atoms with Crippen molar-refractivity contribution in [1.29, 1.82) is 0 Å². The molecule has 198 valence electrons. The normalized spacial score (nSPS) is 17.5. The number of nitrogens with one attached hydrogen (secondary N) is 2. The van der Waals surface area contributed by atoms with E-state index >= 15 is 0 Å². The van der Waals surface area contributed by atoms with Crippen LogP contribution in [0.15, 0.2) is 24.4 Å². The van der Waals surface area contributed by atoms with E-state index in [2.05, 4.69) is 82.4 Å². The highest BCUT2D eigenvalue weighted by Gasteiger charge is 2.27. The third kappa shape index (κ3) is 6.58. The van der Waals surface area contributed by atoms with Crippen molar-refractivity contribution in [1.82, 2.24) is 14.8 Å². The van der Waals surface area contributed by atoms with Gasteiger partial charge < -0.3 is 20.5 Å². The summed E-state index contributed by atoms with van der Waals surface area (Å²) in [6.45, 7) is 16.9. The third-order valence-electron chi connectivity index (χ3n) is 6.45. The van der Waals surface area contributed by atoms with Crippen molar-refractivity contribution in [2.24, 2.45) is 10.8 Å². The summed E-state index contributed by atoms with van der Waals surface area (Å²) >= 11 is 1.72. The zero-order chi connectivity index (χ0) is 26.1. The van der Waals surface area contributed by atoms with Gasteiger partial charge in [0.25, 0.3) is 0 Å². The summed E-state index contributed by atoms with van der Waals surface area (Å²) in [5.74, 6) is 0.856. The second kappa shape index (κ2) is 10.3. The fraction of sp³-hybridized carbons (Fsp3) is 0.643. The maximum absolute atomic E-state index is 9.80. The van der Waals surface area contributed by atoms with Gasteiger partial charge in [-0.3, -0.25) is 0 Å². The number of ether oxygens (including phenoxy) is 1. The Kier molecular flexibility index (Phi) is 7.70. The van der Waals surface area contributed by atoms with Crippen molar-refractivity contribution in [2.75, 3.05) is 30.4 Å². The SMILES string of the molecule is CC(C)(C)CC(C)(C)Nc1cc(NCC(C)(C)CO)c2sc(-c3ccnn3C3CCCCO3)cc2n1. The van der Waals surface area contributed by atoms with Crippen LogP contribution in [-0.4, -0.2) is 45.2 Å². The van der Waals surface area contributed by atoms with Gasteiger partial charge in [-0.05, 0) is 57.1 Å². The van der Waals surface area contributed by atoms with Crippen molar-refractivity contribution in [3.05, 3.63) is 24.4 Å². The number of aromatic nitrogens is 3. The van der Waals surface area contributed by atoms with Crippen molar-refractivity contribution >= 4 is 33.1 Å². The maximum Gasteiger partial charge on any atom is 0.150 e. The minimum atomic E-state index is -0.230.